The molecule has 3 aromatic rings. The fourth-order valence-electron chi connectivity index (χ4n) is 3.85. The summed E-state index contributed by atoms with van der Waals surface area (Å²) < 4.78 is 10.6. The zero-order valence-corrected chi connectivity index (χ0v) is 22.1. The highest BCUT2D eigenvalue weighted by Gasteiger charge is 2.35. The molecular weight excluding hydrogens is 488 g/mol. The second-order valence-electron chi connectivity index (χ2n) is 8.80. The third-order valence-electron chi connectivity index (χ3n) is 5.82. The third-order valence-corrected chi connectivity index (χ3v) is 6.79. The van der Waals surface area contributed by atoms with Gasteiger partial charge in [-0.3, -0.25) is 9.69 Å². The van der Waals surface area contributed by atoms with Gasteiger partial charge in [0.05, 0.1) is 29.4 Å². The van der Waals surface area contributed by atoms with E-state index in [-0.39, 0.29) is 11.7 Å². The monoisotopic (exact) mass is 515 g/mol. The standard InChI is InChI=1S/C29H28N2O5S/c1-17-6-8-19(3)22(12-17)30-29-31(23-13-18(2)7-9-20(23)4)28(34)26(37-29)15-21-10-11-24(25(14-21)35-5)36-16-27(32)33/h6-15H,16H2,1-5H3,(H,32,33)/p-1/b26-15-,30-29?. The Bertz CT molecular complexity index is 1440. The van der Waals surface area contributed by atoms with Gasteiger partial charge in [0.2, 0.25) is 0 Å². The SMILES string of the molecule is COc1cc(/C=C2\SC(=Nc3cc(C)ccc3C)N(c3cc(C)ccc3C)C2=O)ccc1OCC(=O)[O-]. The minimum Gasteiger partial charge on any atom is -0.546 e. The molecule has 1 saturated heterocycles. The lowest BCUT2D eigenvalue weighted by atomic mass is 10.1. The van der Waals surface area contributed by atoms with Gasteiger partial charge < -0.3 is 19.4 Å². The number of aryl methyl sites for hydroxylation is 4. The average Bonchev–Trinajstić information content (AvgIpc) is 3.16. The molecule has 1 aliphatic heterocycles. The second-order valence-corrected chi connectivity index (χ2v) is 9.81. The number of carboxylic acid groups (broad SMARTS) is 1. The maximum atomic E-state index is 13.8. The van der Waals surface area contributed by atoms with Crippen molar-refractivity contribution < 1.29 is 24.2 Å². The molecule has 0 bridgehead atoms. The number of hydrogen-bond donors (Lipinski definition) is 0. The first-order valence-corrected chi connectivity index (χ1v) is 12.5. The van der Waals surface area contributed by atoms with Crippen molar-refractivity contribution in [3.05, 3.63) is 87.3 Å². The fourth-order valence-corrected chi connectivity index (χ4v) is 4.83. The zero-order valence-electron chi connectivity index (χ0n) is 21.3. The van der Waals surface area contributed by atoms with Crippen molar-refractivity contribution in [3.8, 4) is 11.5 Å². The van der Waals surface area contributed by atoms with Gasteiger partial charge in [-0.15, -0.1) is 0 Å². The number of amides is 1. The minimum absolute atomic E-state index is 0.181. The number of carboxylic acids is 1. The molecule has 4 rings (SSSR count). The fraction of sp³-hybridized carbons (Fsp3) is 0.207. The topological polar surface area (TPSA) is 91.3 Å². The number of aliphatic carboxylic acids is 1. The molecule has 1 aliphatic rings. The number of rotatable bonds is 7. The maximum Gasteiger partial charge on any atom is 0.271 e. The number of carbonyl (C=O) groups excluding carboxylic acids is 2. The number of carbonyl (C=O) groups is 2. The van der Waals surface area contributed by atoms with E-state index in [0.29, 0.717) is 21.4 Å². The number of nitrogens with zero attached hydrogens (tertiary/aromatic N) is 2. The largest absolute Gasteiger partial charge is 0.546 e. The van der Waals surface area contributed by atoms with E-state index in [2.05, 4.69) is 0 Å². The summed E-state index contributed by atoms with van der Waals surface area (Å²) in [5.74, 6) is -0.891. The number of amidine groups is 1. The van der Waals surface area contributed by atoms with Gasteiger partial charge in [0.15, 0.2) is 16.7 Å². The summed E-state index contributed by atoms with van der Waals surface area (Å²) >= 11 is 1.30. The molecule has 7 nitrogen and oxygen atoms in total. The Hall–Kier alpha value is -4.04. The molecule has 8 heteroatoms. The average molecular weight is 516 g/mol. The van der Waals surface area contributed by atoms with Crippen LogP contribution < -0.4 is 19.5 Å². The Morgan fingerprint density at radius 1 is 0.973 bits per heavy atom. The van der Waals surface area contributed by atoms with Crippen molar-refractivity contribution in [2.45, 2.75) is 27.7 Å². The smallest absolute Gasteiger partial charge is 0.271 e. The van der Waals surface area contributed by atoms with E-state index in [1.165, 1.54) is 18.9 Å². The number of hydrogen-bond acceptors (Lipinski definition) is 7. The first-order chi connectivity index (χ1) is 17.7. The second kappa shape index (κ2) is 10.9. The summed E-state index contributed by atoms with van der Waals surface area (Å²) in [5.41, 5.74) is 6.39. The van der Waals surface area contributed by atoms with Crippen LogP contribution in [0.5, 0.6) is 11.5 Å². The molecule has 0 unspecified atom stereocenters. The van der Waals surface area contributed by atoms with Gasteiger partial charge >= 0.3 is 0 Å². The summed E-state index contributed by atoms with van der Waals surface area (Å²) in [6.07, 6.45) is 1.77. The summed E-state index contributed by atoms with van der Waals surface area (Å²) in [6, 6.07) is 17.1. The van der Waals surface area contributed by atoms with E-state index in [0.717, 1.165) is 33.6 Å². The van der Waals surface area contributed by atoms with Crippen LogP contribution in [0.2, 0.25) is 0 Å². The molecule has 3 aromatic carbocycles. The van der Waals surface area contributed by atoms with Gasteiger partial charge in [0, 0.05) is 0 Å². The van der Waals surface area contributed by atoms with Crippen LogP contribution >= 0.6 is 11.8 Å². The lowest BCUT2D eigenvalue weighted by Gasteiger charge is -2.19. The summed E-state index contributed by atoms with van der Waals surface area (Å²) in [4.78, 5) is 31.6. The van der Waals surface area contributed by atoms with Gasteiger partial charge in [-0.05, 0) is 97.6 Å². The molecule has 37 heavy (non-hydrogen) atoms. The molecule has 0 aliphatic carbocycles. The predicted octanol–water partition coefficient (Wildman–Crippen LogP) is 4.87. The summed E-state index contributed by atoms with van der Waals surface area (Å²) in [6.45, 7) is 7.38. The predicted molar refractivity (Wildman–Crippen MR) is 145 cm³/mol. The van der Waals surface area contributed by atoms with Crippen LogP contribution in [0.15, 0.2) is 64.5 Å². The molecule has 0 aromatic heterocycles. The molecule has 1 fully saturated rings. The van der Waals surface area contributed by atoms with Crippen molar-refractivity contribution >= 4 is 46.3 Å². The van der Waals surface area contributed by atoms with Crippen molar-refractivity contribution in [1.82, 2.24) is 0 Å². The van der Waals surface area contributed by atoms with Crippen LogP contribution in [0.3, 0.4) is 0 Å². The van der Waals surface area contributed by atoms with E-state index in [1.807, 2.05) is 64.1 Å². The van der Waals surface area contributed by atoms with Crippen molar-refractivity contribution in [2.75, 3.05) is 18.6 Å². The number of thioether (sulfide) groups is 1. The Labute approximate surface area is 220 Å². The molecule has 1 amide bonds. The van der Waals surface area contributed by atoms with E-state index in [9.17, 15) is 14.7 Å². The van der Waals surface area contributed by atoms with E-state index in [1.54, 1.807) is 29.2 Å². The summed E-state index contributed by atoms with van der Waals surface area (Å²) in [7, 11) is 1.46. The highest BCUT2D eigenvalue weighted by Crippen LogP contribution is 2.40. The Balaban J connectivity index is 1.78. The van der Waals surface area contributed by atoms with E-state index < -0.39 is 12.6 Å². The molecule has 0 atom stereocenters. The van der Waals surface area contributed by atoms with Gasteiger partial charge in [-0.1, -0.05) is 30.3 Å². The molecular formula is C29H27N2O5S-. The highest BCUT2D eigenvalue weighted by molar-refractivity contribution is 8.19. The first-order valence-electron chi connectivity index (χ1n) is 11.6. The van der Waals surface area contributed by atoms with Gasteiger partial charge in [0.25, 0.3) is 5.91 Å². The minimum atomic E-state index is -1.33. The number of aliphatic imine (C=N–C) groups is 1. The quantitative estimate of drug-likeness (QED) is 0.417. The molecule has 1 heterocycles. The van der Waals surface area contributed by atoms with Crippen molar-refractivity contribution in [3.63, 3.8) is 0 Å². The molecule has 0 spiro atoms. The number of ether oxygens (including phenoxy) is 2. The number of anilines is 1. The first kappa shape index (κ1) is 26.0. The van der Waals surface area contributed by atoms with Crippen molar-refractivity contribution in [2.24, 2.45) is 4.99 Å². The zero-order chi connectivity index (χ0) is 26.7. The number of benzene rings is 3. The Morgan fingerprint density at radius 3 is 2.38 bits per heavy atom. The van der Waals surface area contributed by atoms with E-state index >= 15 is 0 Å². The number of methoxy groups -OCH3 is 1. The van der Waals surface area contributed by atoms with Crippen LogP contribution in [0, 0.1) is 27.7 Å². The van der Waals surface area contributed by atoms with Crippen LogP contribution in [0.1, 0.15) is 27.8 Å². The highest BCUT2D eigenvalue weighted by atomic mass is 32.2. The molecule has 0 N–H and O–H groups in total. The van der Waals surface area contributed by atoms with Crippen LogP contribution in [0.25, 0.3) is 6.08 Å². The van der Waals surface area contributed by atoms with Crippen LogP contribution in [0.4, 0.5) is 11.4 Å². The molecule has 0 saturated carbocycles. The van der Waals surface area contributed by atoms with Crippen LogP contribution in [-0.4, -0.2) is 30.8 Å². The van der Waals surface area contributed by atoms with E-state index in [4.69, 9.17) is 14.5 Å². The summed E-state index contributed by atoms with van der Waals surface area (Å²) in [5, 5.41) is 11.3. The lowest BCUT2D eigenvalue weighted by Crippen LogP contribution is -2.29. The maximum absolute atomic E-state index is 13.8. The van der Waals surface area contributed by atoms with Crippen molar-refractivity contribution in [1.29, 1.82) is 0 Å². The van der Waals surface area contributed by atoms with Gasteiger partial charge in [0.1, 0.15) is 6.61 Å². The van der Waals surface area contributed by atoms with Gasteiger partial charge in [-0.25, -0.2) is 4.99 Å². The molecule has 190 valence electrons. The lowest BCUT2D eigenvalue weighted by molar-refractivity contribution is -0.307. The van der Waals surface area contributed by atoms with Gasteiger partial charge in [-0.2, -0.15) is 0 Å². The van der Waals surface area contributed by atoms with Crippen LogP contribution in [-0.2, 0) is 9.59 Å². The third kappa shape index (κ3) is 5.86. The molecule has 0 radical (unpaired) electrons. The Kier molecular flexibility index (Phi) is 7.69. The normalized spacial score (nSPS) is 15.5. The Morgan fingerprint density at radius 2 is 1.68 bits per heavy atom.